The van der Waals surface area contributed by atoms with Gasteiger partial charge in [-0.2, -0.15) is 0 Å². The molecule has 0 atom stereocenters. The summed E-state index contributed by atoms with van der Waals surface area (Å²) in [5.41, 5.74) is 10.3. The topological polar surface area (TPSA) is 43.0 Å². The van der Waals surface area contributed by atoms with E-state index in [-0.39, 0.29) is 0 Å². The van der Waals surface area contributed by atoms with Crippen LogP contribution in [-0.4, -0.2) is 15.0 Å². The van der Waals surface area contributed by atoms with Gasteiger partial charge in [0.2, 0.25) is 0 Å². The van der Waals surface area contributed by atoms with Crippen LogP contribution in [0.3, 0.4) is 0 Å². The Morgan fingerprint density at radius 1 is 0.354 bits per heavy atom. The second-order valence-electron chi connectivity index (χ2n) is 11.6. The summed E-state index contributed by atoms with van der Waals surface area (Å²) in [7, 11) is 0. The minimum Gasteiger partial charge on any atom is -0.238 e. The third kappa shape index (κ3) is 5.73. The van der Waals surface area contributed by atoms with E-state index in [1.807, 2.05) is 84.9 Å². The number of fused-ring (bicyclic) bond motifs is 1. The zero-order chi connectivity index (χ0) is 32.3. The molecule has 0 bridgehead atoms. The van der Waals surface area contributed by atoms with Crippen molar-refractivity contribution in [2.24, 2.45) is 0 Å². The Hall–Kier alpha value is -6.70. The number of aromatic nitrogens is 3. The standard InChI is InChI=1S/C44H28N4/c1-45-39-25-22-31(23-26-39)30-18-20-32(21-19-30)35-24-27-41-36(28-35)15-9-17-40(41)37-14-8-16-38(29-37)44-47-42(33-10-4-2-5-11-33)46-43(48-44)34-12-6-3-7-13-34/h2-29H. The molecule has 0 unspecified atom stereocenters. The van der Waals surface area contributed by atoms with Gasteiger partial charge in [0, 0.05) is 16.7 Å². The summed E-state index contributed by atoms with van der Waals surface area (Å²) in [6.45, 7) is 7.19. The minimum absolute atomic E-state index is 0.637. The lowest BCUT2D eigenvalue weighted by Gasteiger charge is -2.12. The molecule has 0 amide bonds. The first-order valence-corrected chi connectivity index (χ1v) is 15.8. The molecule has 1 aromatic heterocycles. The van der Waals surface area contributed by atoms with Crippen LogP contribution in [0.1, 0.15) is 0 Å². The van der Waals surface area contributed by atoms with Gasteiger partial charge in [-0.3, -0.25) is 0 Å². The molecule has 0 N–H and O–H groups in total. The van der Waals surface area contributed by atoms with Gasteiger partial charge in [-0.05, 0) is 56.3 Å². The summed E-state index contributed by atoms with van der Waals surface area (Å²) >= 11 is 0. The lowest BCUT2D eigenvalue weighted by Crippen LogP contribution is -2.00. The molecule has 8 aromatic rings. The van der Waals surface area contributed by atoms with Crippen molar-refractivity contribution in [2.45, 2.75) is 0 Å². The molecule has 224 valence electrons. The number of rotatable bonds is 6. The number of benzene rings is 7. The zero-order valence-corrected chi connectivity index (χ0v) is 26.0. The smallest absolute Gasteiger partial charge is 0.187 e. The predicted molar refractivity (Wildman–Crippen MR) is 196 cm³/mol. The Bertz CT molecular complexity index is 2370. The molecule has 0 spiro atoms. The maximum Gasteiger partial charge on any atom is 0.187 e. The first kappa shape index (κ1) is 28.8. The molecule has 0 aliphatic rings. The molecular formula is C44H28N4. The molecule has 0 aliphatic heterocycles. The highest BCUT2D eigenvalue weighted by Crippen LogP contribution is 2.35. The Kier molecular flexibility index (Phi) is 7.54. The molecule has 8 rings (SSSR count). The molecule has 0 radical (unpaired) electrons. The van der Waals surface area contributed by atoms with Gasteiger partial charge in [-0.25, -0.2) is 19.8 Å². The van der Waals surface area contributed by atoms with Gasteiger partial charge in [0.05, 0.1) is 6.57 Å². The van der Waals surface area contributed by atoms with E-state index < -0.39 is 0 Å². The van der Waals surface area contributed by atoms with Gasteiger partial charge in [0.15, 0.2) is 23.2 Å². The highest BCUT2D eigenvalue weighted by atomic mass is 15.0. The van der Waals surface area contributed by atoms with Crippen LogP contribution >= 0.6 is 0 Å². The summed E-state index contributed by atoms with van der Waals surface area (Å²) in [6, 6.07) is 58.0. The third-order valence-electron chi connectivity index (χ3n) is 8.56. The second kappa shape index (κ2) is 12.6. The van der Waals surface area contributed by atoms with Gasteiger partial charge in [0.1, 0.15) is 0 Å². The molecule has 4 heteroatoms. The monoisotopic (exact) mass is 612 g/mol. The minimum atomic E-state index is 0.637. The van der Waals surface area contributed by atoms with Crippen LogP contribution in [0.4, 0.5) is 5.69 Å². The fourth-order valence-electron chi connectivity index (χ4n) is 6.06. The quantitative estimate of drug-likeness (QED) is 0.175. The van der Waals surface area contributed by atoms with Crippen molar-refractivity contribution in [2.75, 3.05) is 0 Å². The fraction of sp³-hybridized carbons (Fsp3) is 0. The van der Waals surface area contributed by atoms with Crippen molar-refractivity contribution < 1.29 is 0 Å². The van der Waals surface area contributed by atoms with Crippen LogP contribution in [0, 0.1) is 6.57 Å². The van der Waals surface area contributed by atoms with E-state index in [0.717, 1.165) is 50.1 Å². The Balaban J connectivity index is 1.14. The Labute approximate surface area is 279 Å². The fourth-order valence-corrected chi connectivity index (χ4v) is 6.06. The van der Waals surface area contributed by atoms with Crippen LogP contribution in [-0.2, 0) is 0 Å². The van der Waals surface area contributed by atoms with Crippen LogP contribution < -0.4 is 0 Å². The first-order valence-electron chi connectivity index (χ1n) is 15.8. The maximum atomic E-state index is 7.19. The SMILES string of the molecule is [C-]#[N+]c1ccc(-c2ccc(-c3ccc4c(-c5cccc(-c6nc(-c7ccccc7)nc(-c7ccccc7)n6)c5)cccc4c3)cc2)cc1. The van der Waals surface area contributed by atoms with E-state index in [9.17, 15) is 0 Å². The molecule has 0 fully saturated rings. The molecular weight excluding hydrogens is 585 g/mol. The van der Waals surface area contributed by atoms with Crippen molar-refractivity contribution in [1.82, 2.24) is 15.0 Å². The highest BCUT2D eigenvalue weighted by molar-refractivity contribution is 5.99. The summed E-state index contributed by atoms with van der Waals surface area (Å²) in [4.78, 5) is 18.2. The molecule has 4 nitrogen and oxygen atoms in total. The normalized spacial score (nSPS) is 10.9. The first-order chi connectivity index (χ1) is 23.7. The lowest BCUT2D eigenvalue weighted by molar-refractivity contribution is 1.07. The van der Waals surface area contributed by atoms with Crippen molar-refractivity contribution >= 4 is 16.5 Å². The molecule has 1 heterocycles. The van der Waals surface area contributed by atoms with Gasteiger partial charge in [-0.1, -0.05) is 158 Å². The maximum absolute atomic E-state index is 7.19. The van der Waals surface area contributed by atoms with Gasteiger partial charge in [-0.15, -0.1) is 0 Å². The van der Waals surface area contributed by atoms with E-state index in [1.165, 1.54) is 10.8 Å². The molecule has 48 heavy (non-hydrogen) atoms. The third-order valence-corrected chi connectivity index (χ3v) is 8.56. The second-order valence-corrected chi connectivity index (χ2v) is 11.6. The zero-order valence-electron chi connectivity index (χ0n) is 26.0. The van der Waals surface area contributed by atoms with E-state index in [2.05, 4.69) is 89.8 Å². The van der Waals surface area contributed by atoms with E-state index >= 15 is 0 Å². The largest absolute Gasteiger partial charge is 0.238 e. The Morgan fingerprint density at radius 2 is 0.833 bits per heavy atom. The van der Waals surface area contributed by atoms with Gasteiger partial charge >= 0.3 is 0 Å². The van der Waals surface area contributed by atoms with Crippen LogP contribution in [0.5, 0.6) is 0 Å². The van der Waals surface area contributed by atoms with E-state index in [1.54, 1.807) is 0 Å². The Morgan fingerprint density at radius 3 is 1.44 bits per heavy atom. The summed E-state index contributed by atoms with van der Waals surface area (Å²) in [5, 5.41) is 2.35. The van der Waals surface area contributed by atoms with Crippen LogP contribution in [0.2, 0.25) is 0 Å². The van der Waals surface area contributed by atoms with E-state index in [4.69, 9.17) is 21.5 Å². The predicted octanol–water partition coefficient (Wildman–Crippen LogP) is 11.6. The molecule has 0 saturated heterocycles. The average molecular weight is 613 g/mol. The van der Waals surface area contributed by atoms with Crippen molar-refractivity contribution in [3.63, 3.8) is 0 Å². The summed E-state index contributed by atoms with van der Waals surface area (Å²) < 4.78 is 0. The number of nitrogens with zero attached hydrogens (tertiary/aromatic N) is 4. The summed E-state index contributed by atoms with van der Waals surface area (Å²) in [6.07, 6.45) is 0. The van der Waals surface area contributed by atoms with Crippen molar-refractivity contribution in [1.29, 1.82) is 0 Å². The van der Waals surface area contributed by atoms with Gasteiger partial charge < -0.3 is 0 Å². The number of hydrogen-bond acceptors (Lipinski definition) is 3. The van der Waals surface area contributed by atoms with Crippen LogP contribution in [0.25, 0.3) is 83.2 Å². The lowest BCUT2D eigenvalue weighted by atomic mass is 9.94. The van der Waals surface area contributed by atoms with Crippen molar-refractivity contribution in [3.05, 3.63) is 181 Å². The van der Waals surface area contributed by atoms with Crippen molar-refractivity contribution in [3.8, 4) is 67.5 Å². The van der Waals surface area contributed by atoms with Gasteiger partial charge in [0.25, 0.3) is 0 Å². The van der Waals surface area contributed by atoms with E-state index in [0.29, 0.717) is 23.2 Å². The average Bonchev–Trinajstić information content (AvgIpc) is 3.18. The molecule has 0 saturated carbocycles. The summed E-state index contributed by atoms with van der Waals surface area (Å²) in [5.74, 6) is 1.93. The highest BCUT2D eigenvalue weighted by Gasteiger charge is 2.14. The number of hydrogen-bond donors (Lipinski definition) is 0. The molecule has 7 aromatic carbocycles. The van der Waals surface area contributed by atoms with Crippen LogP contribution in [0.15, 0.2) is 170 Å². The molecule has 0 aliphatic carbocycles.